The Balaban J connectivity index is 0.000000387. The quantitative estimate of drug-likeness (QED) is 0.0500. The Hall–Kier alpha value is -5.81. The maximum atomic E-state index is 10.9. The van der Waals surface area contributed by atoms with Gasteiger partial charge in [0.15, 0.2) is 0 Å². The molecule has 4 aromatic rings. The molecule has 0 heterocycles. The van der Waals surface area contributed by atoms with Crippen LogP contribution in [0.1, 0.15) is 93.2 Å². The standard InChI is InChI=1S/2C20H25N3O5.Co/c2*1-19(2,3)11-20(4,5)13-9-15(18(26)10-17(13)25)22-21-14-8-12(23(27)28)6-7-16(14)24;/h2*6-10,24-26H,11H2,1-5H3;. The summed E-state index contributed by atoms with van der Waals surface area (Å²) in [5.74, 6) is -1.24. The average Bonchev–Trinajstić information content (AvgIpc) is 3.03. The summed E-state index contributed by atoms with van der Waals surface area (Å²) in [4.78, 5) is 20.6. The Bertz CT molecular complexity index is 2020. The van der Waals surface area contributed by atoms with Crippen molar-refractivity contribution in [1.82, 2.24) is 0 Å². The van der Waals surface area contributed by atoms with Crippen LogP contribution in [0.2, 0.25) is 0 Å². The maximum Gasteiger partial charge on any atom is 0.271 e. The van der Waals surface area contributed by atoms with Crippen molar-refractivity contribution in [1.29, 1.82) is 0 Å². The molecule has 0 aromatic heterocycles. The molecule has 0 aliphatic rings. The fourth-order valence-electron chi connectivity index (χ4n) is 6.84. The number of phenols is 6. The minimum atomic E-state index is -0.608. The van der Waals surface area contributed by atoms with Crippen LogP contribution in [0.4, 0.5) is 34.1 Å². The third kappa shape index (κ3) is 13.1. The number of phenolic OH excluding ortho intramolecular Hbond substituents is 6. The van der Waals surface area contributed by atoms with Gasteiger partial charge in [-0.15, -0.1) is 20.5 Å². The Morgan fingerprint density at radius 1 is 0.456 bits per heavy atom. The van der Waals surface area contributed by atoms with Crippen LogP contribution in [0.15, 0.2) is 81.1 Å². The Labute approximate surface area is 341 Å². The van der Waals surface area contributed by atoms with Gasteiger partial charge in [-0.05, 0) is 58.8 Å². The minimum absolute atomic E-state index is 0. The van der Waals surface area contributed by atoms with Gasteiger partial charge in [-0.25, -0.2) is 0 Å². The van der Waals surface area contributed by atoms with Crippen LogP contribution in [0.3, 0.4) is 0 Å². The molecule has 0 bridgehead atoms. The van der Waals surface area contributed by atoms with E-state index in [-0.39, 0.29) is 96.2 Å². The number of rotatable bonds is 10. The molecule has 0 fully saturated rings. The zero-order chi connectivity index (χ0) is 42.6. The van der Waals surface area contributed by atoms with E-state index in [1.54, 1.807) is 0 Å². The van der Waals surface area contributed by atoms with E-state index in [9.17, 15) is 50.9 Å². The second-order valence-electron chi connectivity index (χ2n) is 17.2. The second kappa shape index (κ2) is 18.0. The number of nitro benzene ring substituents is 2. The van der Waals surface area contributed by atoms with Crippen molar-refractivity contribution in [3.8, 4) is 34.5 Å². The fraction of sp³-hybridized carbons (Fsp3) is 0.400. The van der Waals surface area contributed by atoms with E-state index in [1.165, 1.54) is 24.3 Å². The molecule has 1 radical (unpaired) electrons. The average molecular weight is 834 g/mol. The van der Waals surface area contributed by atoms with Gasteiger partial charge in [0, 0.05) is 64.3 Å². The van der Waals surface area contributed by atoms with E-state index >= 15 is 0 Å². The number of hydrogen-bond acceptors (Lipinski definition) is 14. The molecule has 309 valence electrons. The Morgan fingerprint density at radius 3 is 1.00 bits per heavy atom. The molecule has 4 rings (SSSR count). The number of azo groups is 2. The molecule has 4 aromatic carbocycles. The molecule has 0 aliphatic carbocycles. The number of nitrogens with zero attached hydrogens (tertiary/aromatic N) is 6. The molecule has 0 atom stereocenters. The number of nitro groups is 2. The van der Waals surface area contributed by atoms with Crippen molar-refractivity contribution in [3.05, 3.63) is 92.0 Å². The molecule has 0 amide bonds. The van der Waals surface area contributed by atoms with Crippen molar-refractivity contribution >= 4 is 34.1 Å². The summed E-state index contributed by atoms with van der Waals surface area (Å²) in [5, 5.41) is 97.9. The van der Waals surface area contributed by atoms with Gasteiger partial charge in [0.1, 0.15) is 57.2 Å². The first-order valence-electron chi connectivity index (χ1n) is 17.5. The summed E-state index contributed by atoms with van der Waals surface area (Å²) in [6.07, 6.45) is 1.53. The zero-order valence-corrected chi connectivity index (χ0v) is 34.6. The van der Waals surface area contributed by atoms with Crippen LogP contribution in [0, 0.1) is 31.1 Å². The number of non-ortho nitro benzene ring substituents is 2. The normalized spacial score (nSPS) is 12.2. The predicted octanol–water partition coefficient (Wildman–Crippen LogP) is 11.7. The number of hydrogen-bond donors (Lipinski definition) is 6. The van der Waals surface area contributed by atoms with Crippen LogP contribution < -0.4 is 0 Å². The summed E-state index contributed by atoms with van der Waals surface area (Å²) in [7, 11) is 0. The van der Waals surface area contributed by atoms with Crippen LogP contribution in [0.5, 0.6) is 34.5 Å². The van der Waals surface area contributed by atoms with E-state index in [0.29, 0.717) is 11.1 Å². The Kier molecular flexibility index (Phi) is 14.9. The minimum Gasteiger partial charge on any atom is -0.508 e. The first-order chi connectivity index (χ1) is 25.6. The van der Waals surface area contributed by atoms with Gasteiger partial charge < -0.3 is 30.6 Å². The summed E-state index contributed by atoms with van der Waals surface area (Å²) in [6, 6.07) is 12.2. The molecule has 0 unspecified atom stereocenters. The molecule has 0 aliphatic heterocycles. The summed E-state index contributed by atoms with van der Waals surface area (Å²) in [5.41, 5.74) is -0.135. The van der Waals surface area contributed by atoms with E-state index in [2.05, 4.69) is 62.0 Å². The van der Waals surface area contributed by atoms with Crippen molar-refractivity contribution in [2.75, 3.05) is 0 Å². The number of aromatic hydroxyl groups is 6. The van der Waals surface area contributed by atoms with E-state index < -0.39 is 20.7 Å². The molecule has 0 saturated heterocycles. The molecular weight excluding hydrogens is 783 g/mol. The van der Waals surface area contributed by atoms with Crippen LogP contribution in [-0.2, 0) is 27.6 Å². The van der Waals surface area contributed by atoms with E-state index in [4.69, 9.17) is 0 Å². The second-order valence-corrected chi connectivity index (χ2v) is 17.2. The van der Waals surface area contributed by atoms with Crippen molar-refractivity contribution in [3.63, 3.8) is 0 Å². The molecule has 16 nitrogen and oxygen atoms in total. The third-order valence-electron chi connectivity index (χ3n) is 8.46. The van der Waals surface area contributed by atoms with Gasteiger partial charge in [0.25, 0.3) is 11.4 Å². The summed E-state index contributed by atoms with van der Waals surface area (Å²) < 4.78 is 0. The predicted molar refractivity (Wildman–Crippen MR) is 212 cm³/mol. The topological polar surface area (TPSA) is 257 Å². The fourth-order valence-corrected chi connectivity index (χ4v) is 6.84. The third-order valence-corrected chi connectivity index (χ3v) is 8.46. The molecule has 0 spiro atoms. The van der Waals surface area contributed by atoms with Gasteiger partial charge in [-0.1, -0.05) is 69.2 Å². The van der Waals surface area contributed by atoms with Gasteiger partial charge in [-0.3, -0.25) is 20.2 Å². The van der Waals surface area contributed by atoms with Crippen LogP contribution in [0.25, 0.3) is 0 Å². The first-order valence-corrected chi connectivity index (χ1v) is 17.5. The van der Waals surface area contributed by atoms with Gasteiger partial charge in [0.05, 0.1) is 9.85 Å². The zero-order valence-electron chi connectivity index (χ0n) is 33.5. The molecular formula is C40H50CoN6O10. The van der Waals surface area contributed by atoms with Crippen LogP contribution >= 0.6 is 0 Å². The SMILES string of the molecule is CC(C)(C)CC(C)(C)c1cc(N=Nc2cc([N+](=O)[O-])ccc2O)c(O)cc1O.CC(C)(C)CC(C)(C)c1cc(N=Nc2cc([N+](=O)[O-])ccc2O)c(O)cc1O.[Co]. The monoisotopic (exact) mass is 833 g/mol. The van der Waals surface area contributed by atoms with Gasteiger partial charge >= 0.3 is 0 Å². The van der Waals surface area contributed by atoms with Crippen molar-refractivity contribution in [2.45, 2.75) is 92.9 Å². The van der Waals surface area contributed by atoms with E-state index in [1.807, 2.05) is 27.7 Å². The van der Waals surface area contributed by atoms with Crippen molar-refractivity contribution < 1.29 is 57.3 Å². The molecule has 57 heavy (non-hydrogen) atoms. The molecule has 17 heteroatoms. The smallest absolute Gasteiger partial charge is 0.271 e. The molecule has 6 N–H and O–H groups in total. The Morgan fingerprint density at radius 2 is 0.737 bits per heavy atom. The largest absolute Gasteiger partial charge is 0.508 e. The summed E-state index contributed by atoms with van der Waals surface area (Å²) >= 11 is 0. The van der Waals surface area contributed by atoms with E-state index in [0.717, 1.165) is 49.2 Å². The van der Waals surface area contributed by atoms with Gasteiger partial charge in [0.2, 0.25) is 0 Å². The first kappa shape index (κ1) is 47.3. The van der Waals surface area contributed by atoms with Crippen molar-refractivity contribution in [2.24, 2.45) is 31.3 Å². The maximum absolute atomic E-state index is 10.9. The number of benzene rings is 4. The molecule has 0 saturated carbocycles. The van der Waals surface area contributed by atoms with Crippen LogP contribution in [-0.4, -0.2) is 40.5 Å². The van der Waals surface area contributed by atoms with Gasteiger partial charge in [-0.2, -0.15) is 0 Å². The summed E-state index contributed by atoms with van der Waals surface area (Å²) in [6.45, 7) is 20.5.